The number of benzene rings is 1. The van der Waals surface area contributed by atoms with Gasteiger partial charge in [0.1, 0.15) is 5.82 Å². The molecule has 1 aliphatic heterocycles. The van der Waals surface area contributed by atoms with E-state index < -0.39 is 0 Å². The van der Waals surface area contributed by atoms with Crippen LogP contribution in [0.5, 0.6) is 0 Å². The Kier molecular flexibility index (Phi) is 5.69. The fraction of sp³-hybridized carbons (Fsp3) is 0.269. The summed E-state index contributed by atoms with van der Waals surface area (Å²) in [5.41, 5.74) is 3.82. The molecule has 0 radical (unpaired) electrons. The minimum absolute atomic E-state index is 0.158. The summed E-state index contributed by atoms with van der Waals surface area (Å²) in [7, 11) is 0. The van der Waals surface area contributed by atoms with Crippen LogP contribution in [-0.4, -0.2) is 39.5 Å². The fourth-order valence-corrected chi connectivity index (χ4v) is 4.52. The summed E-state index contributed by atoms with van der Waals surface area (Å²) in [5, 5.41) is 4.77. The van der Waals surface area contributed by atoms with E-state index in [4.69, 9.17) is 4.98 Å². The Labute approximate surface area is 187 Å². The van der Waals surface area contributed by atoms with Crippen LogP contribution in [0.4, 0.5) is 11.5 Å². The maximum Gasteiger partial charge on any atom is 0.259 e. The molecule has 0 saturated carbocycles. The molecule has 1 aliphatic rings. The Morgan fingerprint density at radius 1 is 1.12 bits per heavy atom. The van der Waals surface area contributed by atoms with Crippen LogP contribution in [0.2, 0.25) is 0 Å². The summed E-state index contributed by atoms with van der Waals surface area (Å²) < 4.78 is 0. The van der Waals surface area contributed by atoms with Crippen LogP contribution in [0.1, 0.15) is 31.2 Å². The predicted octanol–water partition coefficient (Wildman–Crippen LogP) is 4.93. The van der Waals surface area contributed by atoms with Crippen LogP contribution in [0.15, 0.2) is 71.9 Å². The number of aromatic nitrogens is 3. The maximum absolute atomic E-state index is 12.6. The lowest BCUT2D eigenvalue weighted by Gasteiger charge is -2.31. The summed E-state index contributed by atoms with van der Waals surface area (Å²) in [6.07, 6.45) is 7.59. The summed E-state index contributed by atoms with van der Waals surface area (Å²) in [6, 6.07) is 16.3. The molecule has 2 N–H and O–H groups in total. The zero-order valence-electron chi connectivity index (χ0n) is 18.2. The number of likely N-dealkylation sites (tertiary alicyclic amines) is 1. The first-order valence-corrected chi connectivity index (χ1v) is 11.2. The van der Waals surface area contributed by atoms with E-state index >= 15 is 0 Å². The topological polar surface area (TPSA) is 73.9 Å². The van der Waals surface area contributed by atoms with Crippen molar-refractivity contribution in [2.45, 2.75) is 25.7 Å². The first-order chi connectivity index (χ1) is 15.7. The third-order valence-corrected chi connectivity index (χ3v) is 6.39. The number of piperidine rings is 1. The second-order valence-corrected chi connectivity index (χ2v) is 8.32. The number of pyridine rings is 3. The molecular formula is C26H27N5O. The molecule has 0 atom stereocenters. The number of hydrogen-bond acceptors (Lipinski definition) is 5. The van der Waals surface area contributed by atoms with Crippen molar-refractivity contribution in [3.63, 3.8) is 0 Å². The minimum atomic E-state index is -0.158. The van der Waals surface area contributed by atoms with E-state index in [0.29, 0.717) is 17.1 Å². The van der Waals surface area contributed by atoms with Gasteiger partial charge in [-0.25, -0.2) is 4.98 Å². The lowest BCUT2D eigenvalue weighted by molar-refractivity contribution is 0.222. The van der Waals surface area contributed by atoms with Gasteiger partial charge in [-0.2, -0.15) is 0 Å². The van der Waals surface area contributed by atoms with Gasteiger partial charge in [0.05, 0.1) is 11.1 Å². The number of anilines is 2. The minimum Gasteiger partial charge on any atom is -0.340 e. The van der Waals surface area contributed by atoms with Crippen molar-refractivity contribution in [3.05, 3.63) is 83.0 Å². The van der Waals surface area contributed by atoms with Crippen molar-refractivity contribution in [1.29, 1.82) is 0 Å². The van der Waals surface area contributed by atoms with Gasteiger partial charge < -0.3 is 15.2 Å². The molecule has 3 aromatic heterocycles. The molecule has 5 rings (SSSR count). The molecule has 0 bridgehead atoms. The quantitative estimate of drug-likeness (QED) is 0.474. The second kappa shape index (κ2) is 8.93. The van der Waals surface area contributed by atoms with E-state index in [1.807, 2.05) is 24.3 Å². The molecule has 0 spiro atoms. The largest absolute Gasteiger partial charge is 0.340 e. The molecule has 1 aromatic carbocycles. The molecular weight excluding hydrogens is 398 g/mol. The SMILES string of the molecule is CCN1CCC(c2ccc(Nc3nc(-c4cccnc4)cc4cc[nH]c(=O)c34)cc2)CC1. The molecule has 1 fully saturated rings. The van der Waals surface area contributed by atoms with Crippen LogP contribution in [0, 0.1) is 0 Å². The van der Waals surface area contributed by atoms with E-state index in [1.54, 1.807) is 18.6 Å². The van der Waals surface area contributed by atoms with Crippen LogP contribution >= 0.6 is 0 Å². The molecule has 4 aromatic rings. The molecule has 0 aliphatic carbocycles. The Bertz CT molecular complexity index is 1260. The number of aromatic amines is 1. The molecule has 0 amide bonds. The van der Waals surface area contributed by atoms with Gasteiger partial charge >= 0.3 is 0 Å². The molecule has 32 heavy (non-hydrogen) atoms. The van der Waals surface area contributed by atoms with Crippen molar-refractivity contribution in [1.82, 2.24) is 19.9 Å². The fourth-order valence-electron chi connectivity index (χ4n) is 4.52. The highest BCUT2D eigenvalue weighted by Gasteiger charge is 2.19. The third kappa shape index (κ3) is 4.14. The van der Waals surface area contributed by atoms with E-state index in [1.165, 1.54) is 31.5 Å². The van der Waals surface area contributed by atoms with Crippen LogP contribution in [0.3, 0.4) is 0 Å². The van der Waals surface area contributed by atoms with Crippen molar-refractivity contribution < 1.29 is 0 Å². The van der Waals surface area contributed by atoms with Crippen molar-refractivity contribution in [3.8, 4) is 11.3 Å². The van der Waals surface area contributed by atoms with Crippen LogP contribution < -0.4 is 10.9 Å². The number of H-pyrrole nitrogens is 1. The van der Waals surface area contributed by atoms with Gasteiger partial charge in [0.15, 0.2) is 0 Å². The molecule has 0 unspecified atom stereocenters. The van der Waals surface area contributed by atoms with Gasteiger partial charge in [0, 0.05) is 29.8 Å². The summed E-state index contributed by atoms with van der Waals surface area (Å²) in [6.45, 7) is 5.70. The summed E-state index contributed by atoms with van der Waals surface area (Å²) in [4.78, 5) is 26.9. The maximum atomic E-state index is 12.6. The number of hydrogen-bond donors (Lipinski definition) is 2. The Balaban J connectivity index is 1.45. The monoisotopic (exact) mass is 425 g/mol. The number of nitrogens with zero attached hydrogens (tertiary/aromatic N) is 3. The standard InChI is InChI=1S/C26H27N5O/c1-2-31-14-10-19(11-15-31)18-5-7-22(8-6-18)29-25-24-20(9-13-28-26(24)32)16-23(30-25)21-4-3-12-27-17-21/h3-9,12-13,16-17,19H,2,10-11,14-15H2,1H3,(H,28,32)(H,29,30). The summed E-state index contributed by atoms with van der Waals surface area (Å²) >= 11 is 0. The van der Waals surface area contributed by atoms with Crippen molar-refractivity contribution in [2.24, 2.45) is 0 Å². The average Bonchev–Trinajstić information content (AvgIpc) is 2.85. The number of nitrogens with one attached hydrogen (secondary N) is 2. The second-order valence-electron chi connectivity index (χ2n) is 8.32. The van der Waals surface area contributed by atoms with E-state index in [9.17, 15) is 4.79 Å². The number of fused-ring (bicyclic) bond motifs is 1. The van der Waals surface area contributed by atoms with Gasteiger partial charge in [-0.05, 0) is 85.7 Å². The highest BCUT2D eigenvalue weighted by atomic mass is 16.1. The number of rotatable bonds is 5. The van der Waals surface area contributed by atoms with Gasteiger partial charge in [-0.1, -0.05) is 19.1 Å². The lowest BCUT2D eigenvalue weighted by atomic mass is 9.89. The van der Waals surface area contributed by atoms with E-state index in [-0.39, 0.29) is 5.56 Å². The Morgan fingerprint density at radius 2 is 1.94 bits per heavy atom. The normalized spacial score (nSPS) is 15.2. The smallest absolute Gasteiger partial charge is 0.259 e. The third-order valence-electron chi connectivity index (χ3n) is 6.39. The molecule has 6 heteroatoms. The van der Waals surface area contributed by atoms with Crippen molar-refractivity contribution in [2.75, 3.05) is 25.0 Å². The average molecular weight is 426 g/mol. The highest BCUT2D eigenvalue weighted by Crippen LogP contribution is 2.31. The molecule has 6 nitrogen and oxygen atoms in total. The Morgan fingerprint density at radius 3 is 2.66 bits per heavy atom. The van der Waals surface area contributed by atoms with E-state index in [0.717, 1.165) is 28.9 Å². The zero-order chi connectivity index (χ0) is 21.9. The van der Waals surface area contributed by atoms with Gasteiger partial charge in [0.2, 0.25) is 0 Å². The van der Waals surface area contributed by atoms with Gasteiger partial charge in [0.25, 0.3) is 5.56 Å². The first kappa shape index (κ1) is 20.4. The summed E-state index contributed by atoms with van der Waals surface area (Å²) in [5.74, 6) is 1.16. The van der Waals surface area contributed by atoms with E-state index in [2.05, 4.69) is 51.4 Å². The van der Waals surface area contributed by atoms with Crippen LogP contribution in [0.25, 0.3) is 22.0 Å². The Hall–Kier alpha value is -3.51. The van der Waals surface area contributed by atoms with Crippen LogP contribution in [-0.2, 0) is 0 Å². The molecule has 1 saturated heterocycles. The van der Waals surface area contributed by atoms with Crippen molar-refractivity contribution >= 4 is 22.3 Å². The first-order valence-electron chi connectivity index (χ1n) is 11.2. The lowest BCUT2D eigenvalue weighted by Crippen LogP contribution is -2.32. The highest BCUT2D eigenvalue weighted by molar-refractivity contribution is 5.95. The molecule has 162 valence electrons. The van der Waals surface area contributed by atoms with Gasteiger partial charge in [-0.15, -0.1) is 0 Å². The predicted molar refractivity (Wildman–Crippen MR) is 129 cm³/mol. The molecule has 4 heterocycles. The van der Waals surface area contributed by atoms with Gasteiger partial charge in [-0.3, -0.25) is 9.78 Å². The zero-order valence-corrected chi connectivity index (χ0v) is 18.2.